The van der Waals surface area contributed by atoms with E-state index in [2.05, 4.69) is 20.0 Å². The van der Waals surface area contributed by atoms with Crippen LogP contribution in [0.2, 0.25) is 0 Å². The molecule has 1 aromatic rings. The lowest BCUT2D eigenvalue weighted by atomic mass is 10.3. The summed E-state index contributed by atoms with van der Waals surface area (Å²) in [4.78, 5) is 18.9. The first-order valence-electron chi connectivity index (χ1n) is 4.96. The first kappa shape index (κ1) is 12.4. The second kappa shape index (κ2) is 6.02. The Labute approximate surface area is 93.7 Å². The van der Waals surface area contributed by atoms with Crippen LogP contribution in [-0.4, -0.2) is 40.8 Å². The Kier molecular flexibility index (Phi) is 4.65. The number of aromatic nitrogens is 2. The van der Waals surface area contributed by atoms with Crippen LogP contribution in [0.25, 0.3) is 0 Å². The zero-order valence-electron chi connectivity index (χ0n) is 9.30. The fraction of sp³-hybridized carbons (Fsp3) is 0.500. The van der Waals surface area contributed by atoms with E-state index in [1.807, 2.05) is 0 Å². The number of nitrogens with zero attached hydrogens (tertiary/aromatic N) is 2. The highest BCUT2D eigenvalue weighted by Crippen LogP contribution is 2.03. The van der Waals surface area contributed by atoms with Crippen molar-refractivity contribution in [2.24, 2.45) is 0 Å². The molecule has 6 nitrogen and oxygen atoms in total. The summed E-state index contributed by atoms with van der Waals surface area (Å²) in [5, 5.41) is 12.0. The van der Waals surface area contributed by atoms with Crippen LogP contribution in [0.1, 0.15) is 24.0 Å². The van der Waals surface area contributed by atoms with E-state index in [0.717, 1.165) is 0 Å². The highest BCUT2D eigenvalue weighted by atomic mass is 16.5. The van der Waals surface area contributed by atoms with Gasteiger partial charge in [0.05, 0.1) is 13.2 Å². The van der Waals surface area contributed by atoms with Gasteiger partial charge in [0.1, 0.15) is 5.82 Å². The molecule has 1 heterocycles. The molecule has 1 rings (SSSR count). The first-order valence-corrected chi connectivity index (χ1v) is 4.96. The van der Waals surface area contributed by atoms with E-state index in [9.17, 15) is 4.79 Å². The topological polar surface area (TPSA) is 84.3 Å². The molecular formula is C10H15N3O3. The number of hydrogen-bond donors (Lipinski definition) is 2. The molecule has 0 radical (unpaired) electrons. The van der Waals surface area contributed by atoms with E-state index in [4.69, 9.17) is 5.11 Å². The first-order chi connectivity index (χ1) is 7.63. The molecule has 6 heteroatoms. The highest BCUT2D eigenvalue weighted by molar-refractivity contribution is 5.85. The van der Waals surface area contributed by atoms with Gasteiger partial charge in [-0.2, -0.15) is 0 Å². The summed E-state index contributed by atoms with van der Waals surface area (Å²) in [6.45, 7) is 2.29. The molecule has 1 unspecified atom stereocenters. The maximum atomic E-state index is 11.1. The van der Waals surface area contributed by atoms with E-state index in [0.29, 0.717) is 18.8 Å². The quantitative estimate of drug-likeness (QED) is 0.708. The lowest BCUT2D eigenvalue weighted by Crippen LogP contribution is -2.13. The van der Waals surface area contributed by atoms with Gasteiger partial charge in [0.2, 0.25) is 5.82 Å². The van der Waals surface area contributed by atoms with E-state index >= 15 is 0 Å². The summed E-state index contributed by atoms with van der Waals surface area (Å²) in [6, 6.07) is 1.65. The number of ether oxygens (including phenoxy) is 1. The average Bonchev–Trinajstić information content (AvgIpc) is 2.28. The van der Waals surface area contributed by atoms with Gasteiger partial charge >= 0.3 is 5.97 Å². The number of esters is 1. The third-order valence-electron chi connectivity index (χ3n) is 1.89. The maximum Gasteiger partial charge on any atom is 0.376 e. The normalized spacial score (nSPS) is 11.9. The molecule has 0 saturated heterocycles. The van der Waals surface area contributed by atoms with Crippen LogP contribution in [0.3, 0.4) is 0 Å². The fourth-order valence-electron chi connectivity index (χ4n) is 1.06. The molecule has 2 N–H and O–H groups in total. The summed E-state index contributed by atoms with van der Waals surface area (Å²) in [7, 11) is 1.28. The zero-order valence-corrected chi connectivity index (χ0v) is 9.30. The number of methoxy groups -OCH3 is 1. The van der Waals surface area contributed by atoms with E-state index in [-0.39, 0.29) is 11.9 Å². The predicted octanol–water partition coefficient (Wildman–Crippen LogP) is 0.446. The van der Waals surface area contributed by atoms with E-state index < -0.39 is 5.97 Å². The molecule has 0 saturated carbocycles. The van der Waals surface area contributed by atoms with Crippen LogP contribution in [0.5, 0.6) is 0 Å². The number of aliphatic hydroxyl groups excluding tert-OH is 1. The van der Waals surface area contributed by atoms with Crippen LogP contribution < -0.4 is 5.32 Å². The van der Waals surface area contributed by atoms with Gasteiger partial charge in [-0.1, -0.05) is 0 Å². The third kappa shape index (κ3) is 3.82. The van der Waals surface area contributed by atoms with Crippen molar-refractivity contribution in [3.8, 4) is 0 Å². The van der Waals surface area contributed by atoms with Crippen LogP contribution in [0.15, 0.2) is 12.3 Å². The Morgan fingerprint density at radius 1 is 1.69 bits per heavy atom. The molecule has 0 bridgehead atoms. The van der Waals surface area contributed by atoms with Crippen molar-refractivity contribution in [1.29, 1.82) is 0 Å². The zero-order chi connectivity index (χ0) is 12.0. The molecular weight excluding hydrogens is 210 g/mol. The minimum absolute atomic E-state index is 0.0181. The predicted molar refractivity (Wildman–Crippen MR) is 58.2 cm³/mol. The van der Waals surface area contributed by atoms with Crippen molar-refractivity contribution in [3.63, 3.8) is 0 Å². The summed E-state index contributed by atoms with van der Waals surface area (Å²) >= 11 is 0. The number of carbonyl (C=O) groups is 1. The Morgan fingerprint density at radius 2 is 2.44 bits per heavy atom. The van der Waals surface area contributed by atoms with Crippen LogP contribution >= 0.6 is 0 Å². The van der Waals surface area contributed by atoms with Crippen LogP contribution in [-0.2, 0) is 4.74 Å². The Bertz CT molecular complexity index is 355. The molecule has 88 valence electrons. The van der Waals surface area contributed by atoms with Crippen molar-refractivity contribution in [2.45, 2.75) is 19.4 Å². The number of carbonyl (C=O) groups excluding carboxylic acids is 1. The Hall–Kier alpha value is -1.69. The standard InChI is InChI=1S/C10H15N3O3/c1-7(14)3-5-11-8-4-6-12-9(13-8)10(15)16-2/h4,6-7,14H,3,5H2,1-2H3,(H,11,12,13). The van der Waals surface area contributed by atoms with Crippen LogP contribution in [0, 0.1) is 0 Å². The molecule has 0 aromatic carbocycles. The molecule has 0 spiro atoms. The molecule has 0 fully saturated rings. The smallest absolute Gasteiger partial charge is 0.376 e. The summed E-state index contributed by atoms with van der Waals surface area (Å²) in [5.41, 5.74) is 0. The van der Waals surface area contributed by atoms with Crippen molar-refractivity contribution < 1.29 is 14.6 Å². The van der Waals surface area contributed by atoms with Gasteiger partial charge in [0.15, 0.2) is 0 Å². The van der Waals surface area contributed by atoms with Gasteiger partial charge in [-0.25, -0.2) is 14.8 Å². The van der Waals surface area contributed by atoms with Gasteiger partial charge in [-0.05, 0) is 19.4 Å². The second-order valence-corrected chi connectivity index (χ2v) is 3.32. The minimum Gasteiger partial charge on any atom is -0.463 e. The Morgan fingerprint density at radius 3 is 3.06 bits per heavy atom. The SMILES string of the molecule is COC(=O)c1nccc(NCCC(C)O)n1. The number of anilines is 1. The van der Waals surface area contributed by atoms with Crippen molar-refractivity contribution in [2.75, 3.05) is 19.0 Å². The summed E-state index contributed by atoms with van der Waals surface area (Å²) in [5.74, 6) is -0.0141. The number of aliphatic hydroxyl groups is 1. The van der Waals surface area contributed by atoms with Crippen molar-refractivity contribution in [1.82, 2.24) is 9.97 Å². The fourth-order valence-corrected chi connectivity index (χ4v) is 1.06. The summed E-state index contributed by atoms with van der Waals surface area (Å²) < 4.78 is 4.50. The molecule has 0 aliphatic carbocycles. The molecule has 0 amide bonds. The third-order valence-corrected chi connectivity index (χ3v) is 1.89. The lowest BCUT2D eigenvalue weighted by molar-refractivity contribution is 0.0587. The van der Waals surface area contributed by atoms with Gasteiger partial charge in [0, 0.05) is 12.7 Å². The van der Waals surface area contributed by atoms with E-state index in [1.54, 1.807) is 13.0 Å². The number of hydrogen-bond acceptors (Lipinski definition) is 6. The monoisotopic (exact) mass is 225 g/mol. The van der Waals surface area contributed by atoms with Gasteiger partial charge in [-0.3, -0.25) is 0 Å². The number of rotatable bonds is 5. The van der Waals surface area contributed by atoms with Crippen LogP contribution in [0.4, 0.5) is 5.82 Å². The van der Waals surface area contributed by atoms with E-state index in [1.165, 1.54) is 13.3 Å². The molecule has 1 atom stereocenters. The van der Waals surface area contributed by atoms with Gasteiger partial charge in [-0.15, -0.1) is 0 Å². The van der Waals surface area contributed by atoms with Gasteiger partial charge in [0.25, 0.3) is 0 Å². The Balaban J connectivity index is 2.57. The molecule has 0 aliphatic rings. The van der Waals surface area contributed by atoms with Crippen molar-refractivity contribution in [3.05, 3.63) is 18.1 Å². The minimum atomic E-state index is -0.570. The van der Waals surface area contributed by atoms with Gasteiger partial charge < -0.3 is 15.2 Å². The lowest BCUT2D eigenvalue weighted by Gasteiger charge is -2.07. The largest absolute Gasteiger partial charge is 0.463 e. The van der Waals surface area contributed by atoms with Crippen molar-refractivity contribution >= 4 is 11.8 Å². The highest BCUT2D eigenvalue weighted by Gasteiger charge is 2.09. The average molecular weight is 225 g/mol. The number of nitrogens with one attached hydrogen (secondary N) is 1. The second-order valence-electron chi connectivity index (χ2n) is 3.32. The summed E-state index contributed by atoms with van der Waals surface area (Å²) in [6.07, 6.45) is 1.72. The molecule has 0 aliphatic heterocycles. The maximum absolute atomic E-state index is 11.1. The molecule has 16 heavy (non-hydrogen) atoms. The molecule has 1 aromatic heterocycles.